The molecule has 0 atom stereocenters. The molecule has 0 N–H and O–H groups in total. The number of sulfonamides is 1. The second kappa shape index (κ2) is 6.95. The van der Waals surface area contributed by atoms with Crippen molar-refractivity contribution in [2.24, 2.45) is 0 Å². The van der Waals surface area contributed by atoms with Crippen LogP contribution in [0, 0.1) is 0 Å². The van der Waals surface area contributed by atoms with Crippen molar-refractivity contribution in [2.45, 2.75) is 31.3 Å². The maximum absolute atomic E-state index is 12.9. The predicted molar refractivity (Wildman–Crippen MR) is 101 cm³/mol. The number of rotatable bonds is 2. The van der Waals surface area contributed by atoms with Gasteiger partial charge >= 0.3 is 6.09 Å². The molecule has 0 aliphatic carbocycles. The third-order valence-corrected chi connectivity index (χ3v) is 6.88. The van der Waals surface area contributed by atoms with Gasteiger partial charge in [0, 0.05) is 26.2 Å². The van der Waals surface area contributed by atoms with E-state index in [1.165, 1.54) is 26.6 Å². The number of carbonyl (C=O) groups is 1. The van der Waals surface area contributed by atoms with E-state index in [1.807, 2.05) is 0 Å². The topological polar surface area (TPSA) is 79.8 Å². The van der Waals surface area contributed by atoms with E-state index in [0.717, 1.165) is 4.70 Å². The average molecular weight is 418 g/mol. The summed E-state index contributed by atoms with van der Waals surface area (Å²) in [6, 6.07) is 4.78. The van der Waals surface area contributed by atoms with Gasteiger partial charge in [-0.15, -0.1) is 11.3 Å². The van der Waals surface area contributed by atoms with Gasteiger partial charge in [-0.05, 0) is 39.0 Å². The number of amides is 1. The first kappa shape index (κ1) is 19.3. The van der Waals surface area contributed by atoms with E-state index >= 15 is 0 Å². The number of benzene rings is 1. The van der Waals surface area contributed by atoms with Gasteiger partial charge < -0.3 is 9.64 Å². The zero-order valence-corrected chi connectivity index (χ0v) is 17.1. The SMILES string of the molecule is CC(C)(C)OC(=O)N1CCN(S(=O)(=O)c2ccc3nc(Cl)sc3c2)CC1. The fourth-order valence-corrected chi connectivity index (χ4v) is 5.22. The van der Waals surface area contributed by atoms with Crippen LogP contribution < -0.4 is 0 Å². The summed E-state index contributed by atoms with van der Waals surface area (Å²) >= 11 is 7.13. The van der Waals surface area contributed by atoms with Crippen molar-refractivity contribution in [3.8, 4) is 0 Å². The predicted octanol–water partition coefficient (Wildman–Crippen LogP) is 3.19. The van der Waals surface area contributed by atoms with Crippen LogP contribution in [0.2, 0.25) is 4.47 Å². The van der Waals surface area contributed by atoms with Crippen molar-refractivity contribution >= 4 is 49.3 Å². The molecule has 3 rings (SSSR count). The molecular formula is C16H20ClN3O4S2. The number of halogens is 1. The second-order valence-corrected chi connectivity index (χ2v) is 10.5. The summed E-state index contributed by atoms with van der Waals surface area (Å²) in [4.78, 5) is 18.0. The second-order valence-electron chi connectivity index (χ2n) is 6.97. The summed E-state index contributed by atoms with van der Waals surface area (Å²) in [5, 5.41) is 0. The molecule has 26 heavy (non-hydrogen) atoms. The van der Waals surface area contributed by atoms with Crippen molar-refractivity contribution < 1.29 is 17.9 Å². The van der Waals surface area contributed by atoms with E-state index in [1.54, 1.807) is 32.9 Å². The first-order chi connectivity index (χ1) is 12.1. The van der Waals surface area contributed by atoms with Crippen LogP contribution >= 0.6 is 22.9 Å². The van der Waals surface area contributed by atoms with Crippen LogP contribution in [0.15, 0.2) is 23.1 Å². The zero-order chi connectivity index (χ0) is 19.1. The normalized spacial score (nSPS) is 16.8. The summed E-state index contributed by atoms with van der Waals surface area (Å²) in [7, 11) is -3.64. The zero-order valence-electron chi connectivity index (χ0n) is 14.7. The largest absolute Gasteiger partial charge is 0.444 e. The van der Waals surface area contributed by atoms with Crippen LogP contribution in [0.1, 0.15) is 20.8 Å². The van der Waals surface area contributed by atoms with Gasteiger partial charge in [-0.25, -0.2) is 18.2 Å². The summed E-state index contributed by atoms with van der Waals surface area (Å²) in [5.41, 5.74) is 0.0971. The summed E-state index contributed by atoms with van der Waals surface area (Å²) in [5.74, 6) is 0. The molecular weight excluding hydrogens is 398 g/mol. The number of fused-ring (bicyclic) bond motifs is 1. The molecule has 1 amide bonds. The Morgan fingerprint density at radius 2 is 1.88 bits per heavy atom. The first-order valence-electron chi connectivity index (χ1n) is 8.10. The highest BCUT2D eigenvalue weighted by molar-refractivity contribution is 7.89. The van der Waals surface area contributed by atoms with Crippen molar-refractivity contribution in [1.82, 2.24) is 14.2 Å². The molecule has 10 heteroatoms. The van der Waals surface area contributed by atoms with Crippen LogP contribution in [-0.2, 0) is 14.8 Å². The lowest BCUT2D eigenvalue weighted by Crippen LogP contribution is -2.51. The van der Waals surface area contributed by atoms with E-state index in [4.69, 9.17) is 16.3 Å². The molecule has 0 spiro atoms. The van der Waals surface area contributed by atoms with Gasteiger partial charge in [0.25, 0.3) is 0 Å². The van der Waals surface area contributed by atoms with Gasteiger partial charge in [0.1, 0.15) is 5.60 Å². The summed E-state index contributed by atoms with van der Waals surface area (Å²) in [6.45, 7) is 6.44. The van der Waals surface area contributed by atoms with E-state index in [-0.39, 0.29) is 18.0 Å². The summed E-state index contributed by atoms with van der Waals surface area (Å²) in [6.07, 6.45) is -0.421. The number of piperazine rings is 1. The van der Waals surface area contributed by atoms with Gasteiger partial charge in [-0.1, -0.05) is 11.6 Å². The lowest BCUT2D eigenvalue weighted by molar-refractivity contribution is 0.0192. The van der Waals surface area contributed by atoms with Crippen LogP contribution in [0.5, 0.6) is 0 Å². The van der Waals surface area contributed by atoms with E-state index in [2.05, 4.69) is 4.98 Å². The molecule has 2 aromatic rings. The maximum atomic E-state index is 12.9. The monoisotopic (exact) mass is 417 g/mol. The van der Waals surface area contributed by atoms with Crippen LogP contribution in [0.4, 0.5) is 4.79 Å². The van der Waals surface area contributed by atoms with Gasteiger partial charge in [-0.3, -0.25) is 0 Å². The molecule has 142 valence electrons. The van der Waals surface area contributed by atoms with Gasteiger partial charge in [0.2, 0.25) is 10.0 Å². The van der Waals surface area contributed by atoms with Crippen LogP contribution in [0.25, 0.3) is 10.2 Å². The third kappa shape index (κ3) is 4.11. The minimum absolute atomic E-state index is 0.205. The number of aromatic nitrogens is 1. The van der Waals surface area contributed by atoms with Crippen molar-refractivity contribution in [3.05, 3.63) is 22.7 Å². The molecule has 7 nitrogen and oxygen atoms in total. The molecule has 1 aliphatic heterocycles. The average Bonchev–Trinajstić information content (AvgIpc) is 2.92. The number of nitrogens with zero attached hydrogens (tertiary/aromatic N) is 3. The molecule has 2 heterocycles. The quantitative estimate of drug-likeness (QED) is 0.749. The molecule has 0 bridgehead atoms. The molecule has 0 saturated carbocycles. The Bertz CT molecular complexity index is 929. The van der Waals surface area contributed by atoms with E-state index in [0.29, 0.717) is 23.1 Å². The highest BCUT2D eigenvalue weighted by Gasteiger charge is 2.32. The van der Waals surface area contributed by atoms with Crippen LogP contribution in [-0.4, -0.2) is 60.5 Å². The number of ether oxygens (including phenoxy) is 1. The Balaban J connectivity index is 1.72. The minimum atomic E-state index is -3.64. The Labute approximate surface area is 161 Å². The molecule has 0 unspecified atom stereocenters. The van der Waals surface area contributed by atoms with Gasteiger partial charge in [-0.2, -0.15) is 4.31 Å². The molecule has 1 aliphatic rings. The standard InChI is InChI=1S/C16H20ClN3O4S2/c1-16(2,3)24-15(21)19-6-8-20(9-7-19)26(22,23)11-4-5-12-13(10-11)25-14(17)18-12/h4-5,10H,6-9H2,1-3H3. The smallest absolute Gasteiger partial charge is 0.410 e. The fourth-order valence-electron chi connectivity index (χ4n) is 2.62. The highest BCUT2D eigenvalue weighted by Crippen LogP contribution is 2.29. The Kier molecular flexibility index (Phi) is 5.17. The fraction of sp³-hybridized carbons (Fsp3) is 0.500. The van der Waals surface area contributed by atoms with Gasteiger partial charge in [0.05, 0.1) is 15.1 Å². The highest BCUT2D eigenvalue weighted by atomic mass is 35.5. The molecule has 1 fully saturated rings. The van der Waals surface area contributed by atoms with Crippen LogP contribution in [0.3, 0.4) is 0 Å². The van der Waals surface area contributed by atoms with Crippen molar-refractivity contribution in [3.63, 3.8) is 0 Å². The molecule has 1 saturated heterocycles. The van der Waals surface area contributed by atoms with Crippen molar-refractivity contribution in [1.29, 1.82) is 0 Å². The Morgan fingerprint density at radius 3 is 2.50 bits per heavy atom. The lowest BCUT2D eigenvalue weighted by atomic mass is 10.2. The third-order valence-electron chi connectivity index (χ3n) is 3.86. The Hall–Kier alpha value is -1.42. The number of carbonyl (C=O) groups excluding carboxylic acids is 1. The molecule has 0 radical (unpaired) electrons. The molecule has 1 aromatic carbocycles. The first-order valence-corrected chi connectivity index (χ1v) is 10.7. The maximum Gasteiger partial charge on any atom is 0.410 e. The van der Waals surface area contributed by atoms with Crippen molar-refractivity contribution in [2.75, 3.05) is 26.2 Å². The molecule has 1 aromatic heterocycles. The number of hydrogen-bond acceptors (Lipinski definition) is 6. The van der Waals surface area contributed by atoms with E-state index in [9.17, 15) is 13.2 Å². The summed E-state index contributed by atoms with van der Waals surface area (Å²) < 4.78 is 33.6. The number of hydrogen-bond donors (Lipinski definition) is 0. The Morgan fingerprint density at radius 1 is 1.23 bits per heavy atom. The minimum Gasteiger partial charge on any atom is -0.444 e. The number of thiazole rings is 1. The lowest BCUT2D eigenvalue weighted by Gasteiger charge is -2.34. The van der Waals surface area contributed by atoms with Gasteiger partial charge in [0.15, 0.2) is 4.47 Å². The van der Waals surface area contributed by atoms with E-state index < -0.39 is 21.7 Å².